The number of likely N-dealkylation sites (tertiary alicyclic amines) is 1. The van der Waals surface area contributed by atoms with Gasteiger partial charge in [0.1, 0.15) is 5.82 Å². The number of rotatable bonds is 5. The number of carbonyl (C=O) groups is 1. The Bertz CT molecular complexity index is 560. The molecule has 2 fully saturated rings. The molecule has 0 aromatic carbocycles. The van der Waals surface area contributed by atoms with Gasteiger partial charge in [0, 0.05) is 30.4 Å². The zero-order valence-corrected chi connectivity index (χ0v) is 14.2. The van der Waals surface area contributed by atoms with Gasteiger partial charge < -0.3 is 10.5 Å². The van der Waals surface area contributed by atoms with Crippen molar-refractivity contribution < 1.29 is 9.53 Å². The van der Waals surface area contributed by atoms with E-state index in [1.165, 1.54) is 7.11 Å². The Balaban J connectivity index is 1.44. The van der Waals surface area contributed by atoms with E-state index in [2.05, 4.69) is 20.7 Å². The highest BCUT2D eigenvalue weighted by atomic mass is 16.5. The van der Waals surface area contributed by atoms with Gasteiger partial charge in [0.2, 0.25) is 0 Å². The van der Waals surface area contributed by atoms with E-state index in [1.54, 1.807) is 6.20 Å². The molecule has 0 amide bonds. The maximum atomic E-state index is 11.4. The van der Waals surface area contributed by atoms with Gasteiger partial charge in [0.25, 0.3) is 0 Å². The first-order chi connectivity index (χ1) is 11.7. The summed E-state index contributed by atoms with van der Waals surface area (Å²) in [5.74, 6) is 1.12. The first-order valence-electron chi connectivity index (χ1n) is 8.65. The highest BCUT2D eigenvalue weighted by Gasteiger charge is 2.33. The number of hydrogen-bond acceptors (Lipinski definition) is 7. The Morgan fingerprint density at radius 1 is 1.42 bits per heavy atom. The van der Waals surface area contributed by atoms with E-state index in [0.29, 0.717) is 24.2 Å². The second kappa shape index (κ2) is 7.92. The lowest BCUT2D eigenvalue weighted by Gasteiger charge is -2.34. The van der Waals surface area contributed by atoms with E-state index in [1.807, 2.05) is 12.1 Å². The lowest BCUT2D eigenvalue weighted by molar-refractivity contribution is -0.141. The number of pyridine rings is 1. The third-order valence-corrected chi connectivity index (χ3v) is 5.17. The standard InChI is InChI=1S/C17H27N5O2/c1-24-16(23)10-14-9-15(21-20-14)12-4-7-22(8-5-12)11-13-3-2-6-19-17(13)18/h2-3,6,12,14-15,20-21H,4-5,7-11H2,1H3,(H2,18,19). The molecule has 7 heteroatoms. The number of nitrogens with zero attached hydrogens (tertiary/aromatic N) is 2. The van der Waals surface area contributed by atoms with E-state index in [4.69, 9.17) is 10.5 Å². The Morgan fingerprint density at radius 3 is 2.92 bits per heavy atom. The van der Waals surface area contributed by atoms with Crippen LogP contribution in [0.15, 0.2) is 18.3 Å². The quantitative estimate of drug-likeness (QED) is 0.682. The van der Waals surface area contributed by atoms with Crippen molar-refractivity contribution in [1.82, 2.24) is 20.7 Å². The van der Waals surface area contributed by atoms with Crippen LogP contribution in [0.3, 0.4) is 0 Å². The molecule has 4 N–H and O–H groups in total. The fourth-order valence-corrected chi connectivity index (χ4v) is 3.72. The van der Waals surface area contributed by atoms with Crippen LogP contribution in [0.4, 0.5) is 5.82 Å². The van der Waals surface area contributed by atoms with Gasteiger partial charge in [-0.15, -0.1) is 0 Å². The number of nitrogens with one attached hydrogen (secondary N) is 2. The lowest BCUT2D eigenvalue weighted by Crippen LogP contribution is -2.42. The van der Waals surface area contributed by atoms with Crippen LogP contribution in [-0.2, 0) is 16.1 Å². The maximum absolute atomic E-state index is 11.4. The van der Waals surface area contributed by atoms with Gasteiger partial charge in [-0.2, -0.15) is 0 Å². The zero-order chi connectivity index (χ0) is 16.9. The molecule has 2 aliphatic rings. The Hall–Kier alpha value is -1.70. The molecule has 2 atom stereocenters. The number of hydrogen-bond donors (Lipinski definition) is 3. The van der Waals surface area contributed by atoms with Gasteiger partial charge in [-0.05, 0) is 44.3 Å². The van der Waals surface area contributed by atoms with E-state index in [-0.39, 0.29) is 12.0 Å². The number of anilines is 1. The molecule has 2 aliphatic heterocycles. The van der Waals surface area contributed by atoms with Gasteiger partial charge in [-0.3, -0.25) is 20.5 Å². The fourth-order valence-electron chi connectivity index (χ4n) is 3.72. The van der Waals surface area contributed by atoms with E-state index in [9.17, 15) is 4.79 Å². The number of nitrogens with two attached hydrogens (primary N) is 1. The number of methoxy groups -OCH3 is 1. The molecule has 0 radical (unpaired) electrons. The number of hydrazine groups is 1. The van der Waals surface area contributed by atoms with Crippen molar-refractivity contribution >= 4 is 11.8 Å². The maximum Gasteiger partial charge on any atom is 0.307 e. The second-order valence-electron chi connectivity index (χ2n) is 6.77. The van der Waals surface area contributed by atoms with Crippen LogP contribution in [0, 0.1) is 5.92 Å². The summed E-state index contributed by atoms with van der Waals surface area (Å²) < 4.78 is 4.74. The zero-order valence-electron chi connectivity index (χ0n) is 14.2. The van der Waals surface area contributed by atoms with E-state index < -0.39 is 0 Å². The van der Waals surface area contributed by atoms with Crippen molar-refractivity contribution in [3.63, 3.8) is 0 Å². The fraction of sp³-hybridized carbons (Fsp3) is 0.647. The third kappa shape index (κ3) is 4.23. The molecule has 132 valence electrons. The van der Waals surface area contributed by atoms with Gasteiger partial charge in [0.05, 0.1) is 13.5 Å². The smallest absolute Gasteiger partial charge is 0.307 e. The molecular formula is C17H27N5O2. The average molecular weight is 333 g/mol. The summed E-state index contributed by atoms with van der Waals surface area (Å²) >= 11 is 0. The highest BCUT2D eigenvalue weighted by Crippen LogP contribution is 2.27. The number of nitrogen functional groups attached to an aromatic ring is 1. The summed E-state index contributed by atoms with van der Waals surface area (Å²) in [6.45, 7) is 3.01. The average Bonchev–Trinajstić information content (AvgIpc) is 3.06. The molecule has 24 heavy (non-hydrogen) atoms. The summed E-state index contributed by atoms with van der Waals surface area (Å²) in [6.07, 6.45) is 5.46. The number of aromatic nitrogens is 1. The normalized spacial score (nSPS) is 25.7. The number of piperidine rings is 1. The molecule has 2 saturated heterocycles. The van der Waals surface area contributed by atoms with Crippen molar-refractivity contribution in [2.45, 2.75) is 44.3 Å². The van der Waals surface area contributed by atoms with Crippen LogP contribution in [0.25, 0.3) is 0 Å². The molecule has 0 saturated carbocycles. The Labute approximate surface area is 142 Å². The van der Waals surface area contributed by atoms with Gasteiger partial charge >= 0.3 is 5.97 Å². The lowest BCUT2D eigenvalue weighted by atomic mass is 9.87. The molecule has 1 aromatic heterocycles. The Kier molecular flexibility index (Phi) is 5.65. The summed E-state index contributed by atoms with van der Waals surface area (Å²) in [6, 6.07) is 4.60. The van der Waals surface area contributed by atoms with E-state index in [0.717, 1.165) is 44.5 Å². The topological polar surface area (TPSA) is 92.5 Å². The van der Waals surface area contributed by atoms with Crippen molar-refractivity contribution in [1.29, 1.82) is 0 Å². The molecule has 0 aliphatic carbocycles. The monoisotopic (exact) mass is 333 g/mol. The number of esters is 1. The van der Waals surface area contributed by atoms with Crippen LogP contribution < -0.4 is 16.6 Å². The minimum Gasteiger partial charge on any atom is -0.469 e. The minimum absolute atomic E-state index is 0.154. The van der Waals surface area contributed by atoms with Crippen LogP contribution in [0.2, 0.25) is 0 Å². The van der Waals surface area contributed by atoms with Crippen LogP contribution in [-0.4, -0.2) is 48.1 Å². The predicted octanol–water partition coefficient (Wildman–Crippen LogP) is 0.674. The largest absolute Gasteiger partial charge is 0.469 e. The number of carbonyl (C=O) groups excluding carboxylic acids is 1. The first kappa shape index (κ1) is 17.1. The molecule has 2 unspecified atom stereocenters. The van der Waals surface area contributed by atoms with Gasteiger partial charge in [-0.1, -0.05) is 6.07 Å². The highest BCUT2D eigenvalue weighted by molar-refractivity contribution is 5.69. The molecule has 0 bridgehead atoms. The van der Waals surface area contributed by atoms with Crippen LogP contribution >= 0.6 is 0 Å². The van der Waals surface area contributed by atoms with Crippen LogP contribution in [0.5, 0.6) is 0 Å². The Morgan fingerprint density at radius 2 is 2.21 bits per heavy atom. The molecule has 7 nitrogen and oxygen atoms in total. The number of ether oxygens (including phenoxy) is 1. The van der Waals surface area contributed by atoms with Crippen molar-refractivity contribution in [3.8, 4) is 0 Å². The minimum atomic E-state index is -0.154. The summed E-state index contributed by atoms with van der Waals surface area (Å²) in [5.41, 5.74) is 13.7. The van der Waals surface area contributed by atoms with Crippen molar-refractivity contribution in [3.05, 3.63) is 23.9 Å². The molecular weight excluding hydrogens is 306 g/mol. The van der Waals surface area contributed by atoms with Crippen LogP contribution in [0.1, 0.15) is 31.2 Å². The second-order valence-corrected chi connectivity index (χ2v) is 6.77. The SMILES string of the molecule is COC(=O)CC1CC(C2CCN(Cc3cccnc3N)CC2)NN1. The van der Waals surface area contributed by atoms with Gasteiger partial charge in [0.15, 0.2) is 0 Å². The van der Waals surface area contributed by atoms with Crippen molar-refractivity contribution in [2.75, 3.05) is 25.9 Å². The van der Waals surface area contributed by atoms with Crippen molar-refractivity contribution in [2.24, 2.45) is 5.92 Å². The van der Waals surface area contributed by atoms with Gasteiger partial charge in [-0.25, -0.2) is 4.98 Å². The third-order valence-electron chi connectivity index (χ3n) is 5.17. The molecule has 1 aromatic rings. The molecule has 0 spiro atoms. The molecule has 3 rings (SSSR count). The summed E-state index contributed by atoms with van der Waals surface area (Å²) in [4.78, 5) is 18.0. The first-order valence-corrected chi connectivity index (χ1v) is 8.65. The predicted molar refractivity (Wildman–Crippen MR) is 91.7 cm³/mol. The summed E-state index contributed by atoms with van der Waals surface area (Å²) in [7, 11) is 1.44. The molecule has 3 heterocycles. The van der Waals surface area contributed by atoms with E-state index >= 15 is 0 Å². The summed E-state index contributed by atoms with van der Waals surface area (Å²) in [5, 5.41) is 0.